The molecule has 10 nitrogen and oxygen atoms in total. The van der Waals surface area contributed by atoms with Crippen molar-refractivity contribution in [1.29, 1.82) is 26.3 Å². The first-order valence-corrected chi connectivity index (χ1v) is 17.1. The monoisotopic (exact) mass is 734 g/mol. The van der Waals surface area contributed by atoms with Crippen LogP contribution in [0.4, 0.5) is 17.1 Å². The van der Waals surface area contributed by atoms with Gasteiger partial charge in [0.05, 0.1) is 67.8 Å². The van der Waals surface area contributed by atoms with Crippen molar-refractivity contribution in [2.45, 2.75) is 0 Å². The fourth-order valence-electron chi connectivity index (χ4n) is 7.65. The van der Waals surface area contributed by atoms with Gasteiger partial charge in [0.1, 0.15) is 12.1 Å². The van der Waals surface area contributed by atoms with Crippen molar-refractivity contribution in [3.8, 4) is 30.3 Å². The highest BCUT2D eigenvalue weighted by Crippen LogP contribution is 2.59. The third-order valence-corrected chi connectivity index (χ3v) is 10.0. The molecule has 0 fully saturated rings. The molecule has 0 saturated heterocycles. The van der Waals surface area contributed by atoms with Crippen molar-refractivity contribution in [3.63, 3.8) is 0 Å². The Hall–Kier alpha value is -9.78. The Balaban J connectivity index is 1.61. The number of fused-ring (bicyclic) bond motifs is 2. The lowest BCUT2D eigenvalue weighted by molar-refractivity contribution is 0.649. The highest BCUT2D eigenvalue weighted by Gasteiger charge is 2.45. The van der Waals surface area contributed by atoms with Gasteiger partial charge >= 0.3 is 0 Å². The van der Waals surface area contributed by atoms with Gasteiger partial charge in [-0.2, -0.15) is 26.3 Å². The molecular weight excluding hydrogens is 717 g/mol. The minimum absolute atomic E-state index is 0.0705. The number of nitrogens with zero attached hydrogens (tertiary/aromatic N) is 10. The number of rotatable bonds is 4. The van der Waals surface area contributed by atoms with Crippen molar-refractivity contribution >= 4 is 39.5 Å². The van der Waals surface area contributed by atoms with Gasteiger partial charge < -0.3 is 0 Å². The first kappa shape index (κ1) is 36.6. The lowest BCUT2D eigenvalue weighted by Gasteiger charge is -2.25. The molecule has 3 aliphatic carbocycles. The zero-order chi connectivity index (χ0) is 41.1. The maximum atomic E-state index is 11.0. The van der Waals surface area contributed by atoms with Crippen molar-refractivity contribution in [3.05, 3.63) is 227 Å². The largest absolute Gasteiger partial charge is 0.241 e. The van der Waals surface area contributed by atoms with Crippen molar-refractivity contribution in [1.82, 2.24) is 0 Å². The standard InChI is InChI=1S/C48H18N10/c1-54-34-12-10-31(11-13-34)44-46(47(57-4)33-15-29(24-51)17-36(19-33)56-3)39-20-37-38(21-40(39)48(44)58-5)45(41(25-52)32-14-28(23-50)16-35(18-32)55-2)43(42(37)26-53)30-8-6-27(22-49)7-9-30/h6-21,39-40H/b45-41+,47-46-. The van der Waals surface area contributed by atoms with Gasteiger partial charge in [-0.05, 0) is 86.9 Å². The fraction of sp³-hybridized carbons (Fsp3) is 0.0417. The first-order chi connectivity index (χ1) is 28.3. The molecule has 0 spiro atoms. The summed E-state index contributed by atoms with van der Waals surface area (Å²) in [5.74, 6) is -1.46. The highest BCUT2D eigenvalue weighted by molar-refractivity contribution is 6.08. The second-order valence-corrected chi connectivity index (χ2v) is 13.0. The van der Waals surface area contributed by atoms with E-state index < -0.39 is 11.8 Å². The fourth-order valence-corrected chi connectivity index (χ4v) is 7.65. The minimum atomic E-state index is -0.738. The Labute approximate surface area is 333 Å². The molecule has 0 N–H and O–H groups in total. The number of hydrogen-bond donors (Lipinski definition) is 0. The van der Waals surface area contributed by atoms with Crippen molar-refractivity contribution in [2.24, 2.45) is 11.8 Å². The van der Waals surface area contributed by atoms with Gasteiger partial charge in [0.15, 0.2) is 28.5 Å². The zero-order valence-electron chi connectivity index (χ0n) is 29.9. The molecule has 7 rings (SSSR count). The molecule has 0 aromatic heterocycles. The molecule has 0 saturated carbocycles. The Morgan fingerprint density at radius 2 is 1.07 bits per heavy atom. The van der Waals surface area contributed by atoms with Crippen LogP contribution < -0.4 is 0 Å². The molecule has 2 atom stereocenters. The van der Waals surface area contributed by atoms with Crippen LogP contribution in [0.3, 0.4) is 0 Å². The predicted molar refractivity (Wildman–Crippen MR) is 214 cm³/mol. The molecule has 0 radical (unpaired) electrons. The van der Waals surface area contributed by atoms with E-state index in [0.29, 0.717) is 61.4 Å². The number of allylic oxidation sites excluding steroid dienone is 10. The summed E-state index contributed by atoms with van der Waals surface area (Å²) in [6, 6.07) is 32.8. The normalized spacial score (nSPS) is 17.6. The summed E-state index contributed by atoms with van der Waals surface area (Å²) in [6.45, 7) is 39.9. The van der Waals surface area contributed by atoms with Gasteiger partial charge in [-0.3, -0.25) is 0 Å². The van der Waals surface area contributed by atoms with E-state index in [2.05, 4.69) is 48.5 Å². The lowest BCUT2D eigenvalue weighted by atomic mass is 9.78. The number of nitriles is 5. The smallest absolute Gasteiger partial charge is 0.196 e. The van der Waals surface area contributed by atoms with Crippen LogP contribution in [-0.4, -0.2) is 0 Å². The molecule has 0 amide bonds. The SMILES string of the molecule is [C-]#[N+]C1=C(c2ccc([N+]#[C-])cc2)/C(=C(\[N+]#[C-])c2cc(C#N)cc([N+]#[C-])c2)C2C=C3C(=CC12)/C(=C(/C#N)c1cc(C#N)cc([N+]#[C-])c1)C(c1ccc(C#N)cc1)=C3C#N. The molecular formula is C48H18N10. The Morgan fingerprint density at radius 1 is 0.517 bits per heavy atom. The van der Waals surface area contributed by atoms with E-state index in [1.165, 1.54) is 36.4 Å². The van der Waals surface area contributed by atoms with E-state index in [1.807, 2.05) is 18.2 Å². The molecule has 10 heteroatoms. The van der Waals surface area contributed by atoms with Crippen molar-refractivity contribution in [2.75, 3.05) is 0 Å². The van der Waals surface area contributed by atoms with E-state index in [9.17, 15) is 26.3 Å². The van der Waals surface area contributed by atoms with Crippen LogP contribution in [0.5, 0.6) is 0 Å². The minimum Gasteiger partial charge on any atom is -0.241 e. The maximum absolute atomic E-state index is 11.0. The maximum Gasteiger partial charge on any atom is 0.196 e. The number of benzene rings is 4. The summed E-state index contributed by atoms with van der Waals surface area (Å²) in [6.07, 6.45) is 3.63. The van der Waals surface area contributed by atoms with Crippen LogP contribution in [0.1, 0.15) is 38.9 Å². The van der Waals surface area contributed by atoms with Crippen LogP contribution in [0.25, 0.3) is 46.6 Å². The quantitative estimate of drug-likeness (QED) is 0.152. The molecule has 4 aromatic rings. The molecule has 260 valence electrons. The number of hydrogen-bond acceptors (Lipinski definition) is 5. The third kappa shape index (κ3) is 5.93. The van der Waals surface area contributed by atoms with Crippen LogP contribution in [0.2, 0.25) is 0 Å². The summed E-state index contributed by atoms with van der Waals surface area (Å²) >= 11 is 0. The predicted octanol–water partition coefficient (Wildman–Crippen LogP) is 11.0. The molecule has 4 aromatic carbocycles. The van der Waals surface area contributed by atoms with Crippen LogP contribution >= 0.6 is 0 Å². The third-order valence-electron chi connectivity index (χ3n) is 10.0. The molecule has 58 heavy (non-hydrogen) atoms. The molecule has 0 aliphatic heterocycles. The Kier molecular flexibility index (Phi) is 9.41. The van der Waals surface area contributed by atoms with Gasteiger partial charge in [-0.1, -0.05) is 60.7 Å². The van der Waals surface area contributed by atoms with Gasteiger partial charge in [-0.25, -0.2) is 24.2 Å². The van der Waals surface area contributed by atoms with Crippen LogP contribution in [0, 0.1) is 101 Å². The second kappa shape index (κ2) is 14.9. The van der Waals surface area contributed by atoms with E-state index in [1.54, 1.807) is 48.5 Å². The highest BCUT2D eigenvalue weighted by atomic mass is 14.8. The van der Waals surface area contributed by atoms with Crippen LogP contribution in [-0.2, 0) is 0 Å². The molecule has 0 heterocycles. The summed E-state index contributed by atoms with van der Waals surface area (Å²) < 4.78 is 0. The van der Waals surface area contributed by atoms with Crippen LogP contribution in [0.15, 0.2) is 131 Å². The van der Waals surface area contributed by atoms with Gasteiger partial charge in [0.2, 0.25) is 0 Å². The van der Waals surface area contributed by atoms with Gasteiger partial charge in [0, 0.05) is 28.2 Å². The van der Waals surface area contributed by atoms with E-state index in [0.717, 1.165) is 0 Å². The van der Waals surface area contributed by atoms with Crippen molar-refractivity contribution < 1.29 is 0 Å². The van der Waals surface area contributed by atoms with Gasteiger partial charge in [0.25, 0.3) is 0 Å². The lowest BCUT2D eigenvalue weighted by Crippen LogP contribution is -2.15. The Bertz CT molecular complexity index is 3140. The first-order valence-electron chi connectivity index (χ1n) is 17.1. The molecule has 2 unspecified atom stereocenters. The van der Waals surface area contributed by atoms with E-state index >= 15 is 0 Å². The van der Waals surface area contributed by atoms with E-state index in [4.69, 9.17) is 32.9 Å². The topological polar surface area (TPSA) is 141 Å². The summed E-state index contributed by atoms with van der Waals surface area (Å²) in [5, 5.41) is 51.1. The summed E-state index contributed by atoms with van der Waals surface area (Å²) in [5.41, 5.74) is 5.99. The summed E-state index contributed by atoms with van der Waals surface area (Å²) in [7, 11) is 0. The second-order valence-electron chi connectivity index (χ2n) is 13.0. The Morgan fingerprint density at radius 3 is 1.60 bits per heavy atom. The average molecular weight is 735 g/mol. The summed E-state index contributed by atoms with van der Waals surface area (Å²) in [4.78, 5) is 18.5. The molecule has 3 aliphatic rings. The molecule has 0 bridgehead atoms. The van der Waals surface area contributed by atoms with E-state index in [-0.39, 0.29) is 50.6 Å². The zero-order valence-corrected chi connectivity index (χ0v) is 29.9. The van der Waals surface area contributed by atoms with Gasteiger partial charge in [-0.15, -0.1) is 0 Å². The average Bonchev–Trinajstić information content (AvgIpc) is 3.77.